The Morgan fingerprint density at radius 1 is 1.14 bits per heavy atom. The SMILES string of the molecule is CCCCCCC1C(=O)N=C(N2CCN(C=O)CC2)N=C1C. The number of hydrogen-bond donors (Lipinski definition) is 0. The highest BCUT2D eigenvalue weighted by Gasteiger charge is 2.28. The third kappa shape index (κ3) is 4.15. The maximum absolute atomic E-state index is 12.3. The number of piperazine rings is 1. The van der Waals surface area contributed by atoms with Crippen LogP contribution in [0.1, 0.15) is 46.0 Å². The molecule has 0 radical (unpaired) electrons. The number of hydrogen-bond acceptors (Lipinski definition) is 4. The van der Waals surface area contributed by atoms with Crippen molar-refractivity contribution >= 4 is 24.0 Å². The fraction of sp³-hybridized carbons (Fsp3) is 0.750. The van der Waals surface area contributed by atoms with E-state index in [-0.39, 0.29) is 11.8 Å². The Bertz CT molecular complexity index is 465. The van der Waals surface area contributed by atoms with Crippen molar-refractivity contribution in [3.05, 3.63) is 0 Å². The predicted octanol–water partition coefficient (Wildman–Crippen LogP) is 1.70. The van der Waals surface area contributed by atoms with Gasteiger partial charge in [0.2, 0.25) is 12.4 Å². The van der Waals surface area contributed by atoms with Gasteiger partial charge in [0.05, 0.1) is 5.92 Å². The molecule has 2 aliphatic heterocycles. The zero-order chi connectivity index (χ0) is 15.9. The van der Waals surface area contributed by atoms with Crippen molar-refractivity contribution < 1.29 is 9.59 Å². The second kappa shape index (κ2) is 8.06. The van der Waals surface area contributed by atoms with E-state index in [1.807, 2.05) is 11.8 Å². The maximum atomic E-state index is 12.3. The normalized spacial score (nSPS) is 22.5. The summed E-state index contributed by atoms with van der Waals surface area (Å²) in [4.78, 5) is 35.5. The minimum atomic E-state index is -0.142. The van der Waals surface area contributed by atoms with Gasteiger partial charge in [0.15, 0.2) is 0 Å². The Morgan fingerprint density at radius 2 is 1.86 bits per heavy atom. The van der Waals surface area contributed by atoms with E-state index in [9.17, 15) is 9.59 Å². The van der Waals surface area contributed by atoms with Gasteiger partial charge in [-0.1, -0.05) is 32.6 Å². The molecular weight excluding hydrogens is 280 g/mol. The third-order valence-electron chi connectivity index (χ3n) is 4.38. The minimum absolute atomic E-state index is 0.0585. The molecule has 0 aromatic heterocycles. The van der Waals surface area contributed by atoms with E-state index in [2.05, 4.69) is 16.9 Å². The van der Waals surface area contributed by atoms with Crippen molar-refractivity contribution in [2.24, 2.45) is 15.9 Å². The molecule has 6 nitrogen and oxygen atoms in total. The largest absolute Gasteiger partial charge is 0.342 e. The number of guanidine groups is 1. The van der Waals surface area contributed by atoms with Crippen LogP contribution >= 0.6 is 0 Å². The summed E-state index contributed by atoms with van der Waals surface area (Å²) in [5.74, 6) is 0.326. The van der Waals surface area contributed by atoms with Gasteiger partial charge in [-0.3, -0.25) is 9.59 Å². The topological polar surface area (TPSA) is 65.3 Å². The average Bonchev–Trinajstić information content (AvgIpc) is 2.53. The summed E-state index contributed by atoms with van der Waals surface area (Å²) in [6, 6.07) is 0. The van der Waals surface area contributed by atoms with Crippen LogP contribution in [0.15, 0.2) is 9.98 Å². The van der Waals surface area contributed by atoms with E-state index >= 15 is 0 Å². The Balaban J connectivity index is 1.91. The highest BCUT2D eigenvalue weighted by molar-refractivity contribution is 6.14. The first-order chi connectivity index (χ1) is 10.7. The summed E-state index contributed by atoms with van der Waals surface area (Å²) in [5.41, 5.74) is 0.879. The molecule has 2 heterocycles. The maximum Gasteiger partial charge on any atom is 0.257 e. The summed E-state index contributed by atoms with van der Waals surface area (Å²) in [5, 5.41) is 0. The van der Waals surface area contributed by atoms with Crippen molar-refractivity contribution in [2.75, 3.05) is 26.2 Å². The van der Waals surface area contributed by atoms with Gasteiger partial charge in [0.25, 0.3) is 5.91 Å². The van der Waals surface area contributed by atoms with Crippen LogP contribution in [0, 0.1) is 5.92 Å². The van der Waals surface area contributed by atoms with Crippen molar-refractivity contribution in [3.8, 4) is 0 Å². The fourth-order valence-corrected chi connectivity index (χ4v) is 2.89. The molecule has 1 atom stereocenters. The first-order valence-electron chi connectivity index (χ1n) is 8.27. The van der Waals surface area contributed by atoms with E-state index in [0.717, 1.165) is 31.4 Å². The van der Waals surface area contributed by atoms with Crippen LogP contribution in [-0.4, -0.2) is 60.0 Å². The van der Waals surface area contributed by atoms with Gasteiger partial charge in [-0.05, 0) is 13.3 Å². The van der Waals surface area contributed by atoms with Gasteiger partial charge in [0, 0.05) is 31.9 Å². The number of rotatable bonds is 6. The molecule has 0 spiro atoms. The van der Waals surface area contributed by atoms with Gasteiger partial charge >= 0.3 is 0 Å². The Labute approximate surface area is 132 Å². The summed E-state index contributed by atoms with van der Waals surface area (Å²) >= 11 is 0. The highest BCUT2D eigenvalue weighted by Crippen LogP contribution is 2.19. The molecule has 0 saturated carbocycles. The molecule has 0 bridgehead atoms. The van der Waals surface area contributed by atoms with Crippen LogP contribution < -0.4 is 0 Å². The number of unbranched alkanes of at least 4 members (excludes halogenated alkanes) is 3. The Morgan fingerprint density at radius 3 is 2.45 bits per heavy atom. The van der Waals surface area contributed by atoms with Crippen LogP contribution in [0.3, 0.4) is 0 Å². The second-order valence-corrected chi connectivity index (χ2v) is 6.03. The predicted molar refractivity (Wildman–Crippen MR) is 87.0 cm³/mol. The van der Waals surface area contributed by atoms with E-state index in [4.69, 9.17) is 0 Å². The van der Waals surface area contributed by atoms with E-state index < -0.39 is 0 Å². The van der Waals surface area contributed by atoms with Crippen molar-refractivity contribution in [1.82, 2.24) is 9.80 Å². The fourth-order valence-electron chi connectivity index (χ4n) is 2.89. The minimum Gasteiger partial charge on any atom is -0.342 e. The lowest BCUT2D eigenvalue weighted by Gasteiger charge is -2.34. The molecule has 0 N–H and O–H groups in total. The summed E-state index contributed by atoms with van der Waals surface area (Å²) in [6.07, 6.45) is 6.35. The first kappa shape index (κ1) is 16.6. The molecule has 2 amide bonds. The molecule has 1 saturated heterocycles. The lowest BCUT2D eigenvalue weighted by atomic mass is 9.95. The number of nitrogens with zero attached hydrogens (tertiary/aromatic N) is 4. The van der Waals surface area contributed by atoms with Gasteiger partial charge in [0.1, 0.15) is 0 Å². The van der Waals surface area contributed by atoms with Crippen molar-refractivity contribution in [1.29, 1.82) is 0 Å². The van der Waals surface area contributed by atoms with E-state index in [0.29, 0.717) is 32.1 Å². The number of carbonyl (C=O) groups excluding carboxylic acids is 2. The number of aliphatic imine (C=N–C) groups is 2. The van der Waals surface area contributed by atoms with Crippen LogP contribution in [0.2, 0.25) is 0 Å². The van der Waals surface area contributed by atoms with Crippen LogP contribution in [0.4, 0.5) is 0 Å². The van der Waals surface area contributed by atoms with Gasteiger partial charge in [-0.2, -0.15) is 4.99 Å². The van der Waals surface area contributed by atoms with Crippen LogP contribution in [0.25, 0.3) is 0 Å². The molecule has 0 aliphatic carbocycles. The van der Waals surface area contributed by atoms with Crippen molar-refractivity contribution in [2.45, 2.75) is 46.0 Å². The van der Waals surface area contributed by atoms with Gasteiger partial charge in [-0.15, -0.1) is 0 Å². The Hall–Kier alpha value is -1.72. The molecule has 1 unspecified atom stereocenters. The standard InChI is InChI=1S/C16H26N4O2/c1-3-4-5-6-7-14-13(2)17-16(18-15(14)22)20-10-8-19(12-21)9-11-20/h12,14H,3-11H2,1-2H3. The zero-order valence-electron chi connectivity index (χ0n) is 13.6. The summed E-state index contributed by atoms with van der Waals surface area (Å²) in [7, 11) is 0. The van der Waals surface area contributed by atoms with E-state index in [1.165, 1.54) is 12.8 Å². The quantitative estimate of drug-likeness (QED) is 0.554. The molecule has 22 heavy (non-hydrogen) atoms. The monoisotopic (exact) mass is 306 g/mol. The molecule has 0 aromatic carbocycles. The molecular formula is C16H26N4O2. The lowest BCUT2D eigenvalue weighted by Crippen LogP contribution is -2.49. The zero-order valence-corrected chi connectivity index (χ0v) is 13.6. The molecule has 2 aliphatic rings. The molecule has 6 heteroatoms. The smallest absolute Gasteiger partial charge is 0.257 e. The second-order valence-electron chi connectivity index (χ2n) is 6.03. The van der Waals surface area contributed by atoms with Crippen LogP contribution in [0.5, 0.6) is 0 Å². The third-order valence-corrected chi connectivity index (χ3v) is 4.38. The first-order valence-corrected chi connectivity index (χ1v) is 8.27. The molecule has 1 fully saturated rings. The Kier molecular flexibility index (Phi) is 6.10. The molecule has 0 aromatic rings. The van der Waals surface area contributed by atoms with E-state index in [1.54, 1.807) is 4.90 Å². The molecule has 2 rings (SSSR count). The number of carbonyl (C=O) groups is 2. The van der Waals surface area contributed by atoms with Gasteiger partial charge in [-0.25, -0.2) is 4.99 Å². The molecule has 122 valence electrons. The summed E-state index contributed by atoms with van der Waals surface area (Å²) in [6.45, 7) is 6.79. The average molecular weight is 306 g/mol. The summed E-state index contributed by atoms with van der Waals surface area (Å²) < 4.78 is 0. The van der Waals surface area contributed by atoms with Crippen LogP contribution in [-0.2, 0) is 9.59 Å². The van der Waals surface area contributed by atoms with Crippen molar-refractivity contribution in [3.63, 3.8) is 0 Å². The number of amides is 2. The lowest BCUT2D eigenvalue weighted by molar-refractivity contribution is -0.121. The highest BCUT2D eigenvalue weighted by atomic mass is 16.1. The van der Waals surface area contributed by atoms with Gasteiger partial charge < -0.3 is 9.80 Å².